The predicted octanol–water partition coefficient (Wildman–Crippen LogP) is 4.12. The van der Waals surface area contributed by atoms with Crippen molar-refractivity contribution in [1.29, 1.82) is 0 Å². The minimum atomic E-state index is -0.178. The number of nitrogens with zero attached hydrogens (tertiary/aromatic N) is 2. The lowest BCUT2D eigenvalue weighted by Gasteiger charge is -2.16. The van der Waals surface area contributed by atoms with E-state index in [0.29, 0.717) is 6.54 Å². The summed E-state index contributed by atoms with van der Waals surface area (Å²) in [6.07, 6.45) is 5.33. The van der Waals surface area contributed by atoms with Gasteiger partial charge in [0.15, 0.2) is 11.9 Å². The summed E-state index contributed by atoms with van der Waals surface area (Å²) in [6, 6.07) is 16.0. The molecule has 0 aliphatic carbocycles. The number of hydrogen-bond donors (Lipinski definition) is 0. The second-order valence-corrected chi connectivity index (χ2v) is 5.33. The van der Waals surface area contributed by atoms with Crippen molar-refractivity contribution in [2.24, 2.45) is 0 Å². The smallest absolute Gasteiger partial charge is 0.153 e. The molecule has 0 radical (unpaired) electrons. The fourth-order valence-electron chi connectivity index (χ4n) is 2.61. The van der Waals surface area contributed by atoms with Crippen molar-refractivity contribution in [2.45, 2.75) is 26.5 Å². The molecule has 0 amide bonds. The molecule has 0 saturated heterocycles. The third-order valence-electron chi connectivity index (χ3n) is 3.60. The van der Waals surface area contributed by atoms with Gasteiger partial charge in [0, 0.05) is 0 Å². The van der Waals surface area contributed by atoms with Crippen molar-refractivity contribution >= 4 is 11.0 Å². The number of aryl methyl sites for hydroxylation is 1. The highest BCUT2D eigenvalue weighted by atomic mass is 16.5. The molecule has 3 heteroatoms. The summed E-state index contributed by atoms with van der Waals surface area (Å²) in [5.74, 6) is 4.39. The Hall–Kier alpha value is -2.73. The van der Waals surface area contributed by atoms with Crippen LogP contribution in [-0.2, 0) is 6.54 Å². The van der Waals surface area contributed by atoms with Crippen LogP contribution in [0.4, 0.5) is 0 Å². The summed E-state index contributed by atoms with van der Waals surface area (Å²) >= 11 is 0. The lowest BCUT2D eigenvalue weighted by molar-refractivity contribution is 0.212. The van der Waals surface area contributed by atoms with Gasteiger partial charge < -0.3 is 9.30 Å². The number of imidazole rings is 1. The molecule has 0 spiro atoms. The molecule has 1 atom stereocenters. The number of aromatic nitrogens is 2. The van der Waals surface area contributed by atoms with Crippen molar-refractivity contribution in [3.8, 4) is 18.1 Å². The molecule has 0 aliphatic heterocycles. The number of para-hydroxylation sites is 2. The van der Waals surface area contributed by atoms with Crippen LogP contribution in [0.1, 0.15) is 24.4 Å². The van der Waals surface area contributed by atoms with Crippen LogP contribution in [0.25, 0.3) is 11.0 Å². The van der Waals surface area contributed by atoms with Crippen LogP contribution in [0.15, 0.2) is 48.5 Å². The summed E-state index contributed by atoms with van der Waals surface area (Å²) in [6.45, 7) is 4.53. The van der Waals surface area contributed by atoms with Gasteiger partial charge in [-0.05, 0) is 43.7 Å². The zero-order chi connectivity index (χ0) is 15.5. The van der Waals surface area contributed by atoms with Crippen LogP contribution in [0.5, 0.6) is 5.75 Å². The Morgan fingerprint density at radius 1 is 1.23 bits per heavy atom. The van der Waals surface area contributed by atoms with Gasteiger partial charge in [0.1, 0.15) is 5.75 Å². The van der Waals surface area contributed by atoms with Crippen molar-refractivity contribution in [3.05, 3.63) is 59.9 Å². The van der Waals surface area contributed by atoms with E-state index in [0.717, 1.165) is 22.6 Å². The molecular weight excluding hydrogens is 272 g/mol. The monoisotopic (exact) mass is 290 g/mol. The maximum absolute atomic E-state index is 6.05. The first-order valence-corrected chi connectivity index (χ1v) is 7.31. The molecular formula is C19H18N2O. The van der Waals surface area contributed by atoms with E-state index in [9.17, 15) is 0 Å². The zero-order valence-electron chi connectivity index (χ0n) is 12.8. The van der Waals surface area contributed by atoms with E-state index in [1.165, 1.54) is 5.56 Å². The highest BCUT2D eigenvalue weighted by molar-refractivity contribution is 5.76. The fourth-order valence-corrected chi connectivity index (χ4v) is 2.61. The van der Waals surface area contributed by atoms with E-state index < -0.39 is 0 Å². The molecule has 0 bridgehead atoms. The first kappa shape index (κ1) is 14.2. The molecule has 2 aromatic carbocycles. The number of ether oxygens (including phenoxy) is 1. The quantitative estimate of drug-likeness (QED) is 0.676. The molecule has 0 aliphatic rings. The van der Waals surface area contributed by atoms with Gasteiger partial charge in [-0.1, -0.05) is 30.2 Å². The molecule has 110 valence electrons. The van der Waals surface area contributed by atoms with Gasteiger partial charge in [-0.3, -0.25) is 0 Å². The van der Waals surface area contributed by atoms with Gasteiger partial charge >= 0.3 is 0 Å². The maximum atomic E-state index is 6.05. The summed E-state index contributed by atoms with van der Waals surface area (Å²) < 4.78 is 8.08. The molecule has 0 fully saturated rings. The maximum Gasteiger partial charge on any atom is 0.153 e. The fraction of sp³-hybridized carbons (Fsp3) is 0.211. The Balaban J connectivity index is 1.98. The van der Waals surface area contributed by atoms with Crippen LogP contribution in [0.3, 0.4) is 0 Å². The van der Waals surface area contributed by atoms with Crippen molar-refractivity contribution in [2.75, 3.05) is 0 Å². The van der Waals surface area contributed by atoms with Crippen LogP contribution in [0.2, 0.25) is 0 Å². The number of hydrogen-bond acceptors (Lipinski definition) is 2. The Morgan fingerprint density at radius 2 is 2.05 bits per heavy atom. The average molecular weight is 290 g/mol. The summed E-state index contributed by atoms with van der Waals surface area (Å²) in [5, 5.41) is 0. The van der Waals surface area contributed by atoms with Crippen molar-refractivity contribution in [1.82, 2.24) is 9.55 Å². The van der Waals surface area contributed by atoms with Gasteiger partial charge in [-0.15, -0.1) is 6.42 Å². The van der Waals surface area contributed by atoms with E-state index in [1.54, 1.807) is 0 Å². The molecule has 22 heavy (non-hydrogen) atoms. The largest absolute Gasteiger partial charge is 0.483 e. The summed E-state index contributed by atoms with van der Waals surface area (Å²) in [5.41, 5.74) is 3.14. The van der Waals surface area contributed by atoms with Gasteiger partial charge in [0.05, 0.1) is 17.6 Å². The van der Waals surface area contributed by atoms with Crippen molar-refractivity contribution < 1.29 is 4.74 Å². The predicted molar refractivity (Wildman–Crippen MR) is 88.8 cm³/mol. The number of benzene rings is 2. The Kier molecular flexibility index (Phi) is 3.84. The highest BCUT2D eigenvalue weighted by Gasteiger charge is 2.17. The molecule has 0 saturated carbocycles. The Bertz CT molecular complexity index is 842. The topological polar surface area (TPSA) is 27.1 Å². The Morgan fingerprint density at radius 3 is 2.82 bits per heavy atom. The molecule has 3 rings (SSSR count). The van der Waals surface area contributed by atoms with Crippen LogP contribution in [0, 0.1) is 19.3 Å². The van der Waals surface area contributed by atoms with Crippen LogP contribution >= 0.6 is 0 Å². The molecule has 1 heterocycles. The minimum Gasteiger partial charge on any atom is -0.483 e. The second kappa shape index (κ2) is 5.95. The molecule has 3 nitrogen and oxygen atoms in total. The molecule has 3 aromatic rings. The van der Waals surface area contributed by atoms with Gasteiger partial charge in [0.2, 0.25) is 0 Å². The van der Waals surface area contributed by atoms with E-state index in [-0.39, 0.29) is 6.10 Å². The molecule has 0 N–H and O–H groups in total. The molecule has 1 aromatic heterocycles. The van der Waals surface area contributed by atoms with Crippen LogP contribution < -0.4 is 4.74 Å². The lowest BCUT2D eigenvalue weighted by Crippen LogP contribution is -2.11. The van der Waals surface area contributed by atoms with Gasteiger partial charge in [0.25, 0.3) is 0 Å². The number of terminal acetylenes is 1. The van der Waals surface area contributed by atoms with Crippen LogP contribution in [-0.4, -0.2) is 9.55 Å². The normalized spacial score (nSPS) is 12.0. The van der Waals surface area contributed by atoms with Gasteiger partial charge in [-0.2, -0.15) is 0 Å². The van der Waals surface area contributed by atoms with Gasteiger partial charge in [-0.25, -0.2) is 4.98 Å². The number of rotatable bonds is 4. The zero-order valence-corrected chi connectivity index (χ0v) is 12.8. The van der Waals surface area contributed by atoms with E-state index in [4.69, 9.17) is 16.1 Å². The first-order valence-electron chi connectivity index (χ1n) is 7.31. The molecule has 0 unspecified atom stereocenters. The second-order valence-electron chi connectivity index (χ2n) is 5.33. The van der Waals surface area contributed by atoms with E-state index in [1.807, 2.05) is 66.9 Å². The average Bonchev–Trinajstić information content (AvgIpc) is 2.87. The van der Waals surface area contributed by atoms with E-state index >= 15 is 0 Å². The highest BCUT2D eigenvalue weighted by Crippen LogP contribution is 2.25. The van der Waals surface area contributed by atoms with E-state index in [2.05, 4.69) is 5.92 Å². The van der Waals surface area contributed by atoms with Crippen molar-refractivity contribution in [3.63, 3.8) is 0 Å². The minimum absolute atomic E-state index is 0.178. The number of fused-ring (bicyclic) bond motifs is 1. The SMILES string of the molecule is C#CCn1c([C@@H](C)Oc2cccc(C)c2)nc2ccccc21. The first-order chi connectivity index (χ1) is 10.7. The third kappa shape index (κ3) is 2.68. The standard InChI is InChI=1S/C19H18N2O/c1-4-12-21-18-11-6-5-10-17(18)20-19(21)15(3)22-16-9-7-8-14(2)13-16/h1,5-11,13,15H,12H2,2-3H3/t15-/m1/s1. The Labute approximate surface area is 130 Å². The summed E-state index contributed by atoms with van der Waals surface area (Å²) in [7, 11) is 0. The third-order valence-corrected chi connectivity index (χ3v) is 3.60. The lowest BCUT2D eigenvalue weighted by atomic mass is 10.2. The summed E-state index contributed by atoms with van der Waals surface area (Å²) in [4.78, 5) is 4.69.